The molecule has 2 rings (SSSR count). The molecular formula is C14H18N4O2. The van der Waals surface area contributed by atoms with Gasteiger partial charge in [-0.25, -0.2) is 0 Å². The first-order valence-electron chi connectivity index (χ1n) is 6.47. The SMILES string of the molecule is CC(O)c1nnc(C(C)O)n1/N=C/Cc1ccccc1. The maximum atomic E-state index is 9.64. The van der Waals surface area contributed by atoms with E-state index in [1.807, 2.05) is 30.3 Å². The maximum Gasteiger partial charge on any atom is 0.182 e. The van der Waals surface area contributed by atoms with Crippen LogP contribution in [-0.4, -0.2) is 31.3 Å². The van der Waals surface area contributed by atoms with E-state index in [1.54, 1.807) is 20.1 Å². The topological polar surface area (TPSA) is 83.5 Å². The molecule has 0 fully saturated rings. The number of aliphatic hydroxyl groups is 2. The van der Waals surface area contributed by atoms with Crippen molar-refractivity contribution >= 4 is 6.21 Å². The van der Waals surface area contributed by atoms with Crippen LogP contribution in [0.25, 0.3) is 0 Å². The van der Waals surface area contributed by atoms with Crippen LogP contribution in [0.3, 0.4) is 0 Å². The molecule has 0 amide bonds. The van der Waals surface area contributed by atoms with E-state index in [4.69, 9.17) is 0 Å². The van der Waals surface area contributed by atoms with Crippen LogP contribution in [0.15, 0.2) is 35.4 Å². The second kappa shape index (κ2) is 6.40. The van der Waals surface area contributed by atoms with Gasteiger partial charge in [-0.05, 0) is 19.4 Å². The van der Waals surface area contributed by atoms with E-state index >= 15 is 0 Å². The molecule has 0 spiro atoms. The van der Waals surface area contributed by atoms with E-state index in [0.717, 1.165) is 5.56 Å². The summed E-state index contributed by atoms with van der Waals surface area (Å²) in [7, 11) is 0. The van der Waals surface area contributed by atoms with Crippen LogP contribution in [0, 0.1) is 0 Å². The Balaban J connectivity index is 2.21. The molecule has 0 aliphatic carbocycles. The second-order valence-corrected chi connectivity index (χ2v) is 4.57. The Kier molecular flexibility index (Phi) is 4.60. The number of rotatable bonds is 5. The molecule has 1 aromatic heterocycles. The minimum absolute atomic E-state index is 0.310. The van der Waals surface area contributed by atoms with Crippen molar-refractivity contribution in [3.05, 3.63) is 47.5 Å². The molecule has 2 aromatic rings. The molecule has 6 nitrogen and oxygen atoms in total. The molecule has 0 saturated heterocycles. The van der Waals surface area contributed by atoms with Crippen LogP contribution in [0.2, 0.25) is 0 Å². The minimum atomic E-state index is -0.802. The summed E-state index contributed by atoms with van der Waals surface area (Å²) < 4.78 is 1.39. The van der Waals surface area contributed by atoms with Crippen molar-refractivity contribution in [2.75, 3.05) is 0 Å². The average molecular weight is 274 g/mol. The molecule has 0 saturated carbocycles. The van der Waals surface area contributed by atoms with Gasteiger partial charge < -0.3 is 10.2 Å². The van der Waals surface area contributed by atoms with Gasteiger partial charge in [-0.1, -0.05) is 30.3 Å². The zero-order chi connectivity index (χ0) is 14.5. The van der Waals surface area contributed by atoms with Crippen molar-refractivity contribution in [2.45, 2.75) is 32.5 Å². The molecule has 1 heterocycles. The van der Waals surface area contributed by atoms with Crippen molar-refractivity contribution in [3.8, 4) is 0 Å². The first-order chi connectivity index (χ1) is 9.59. The average Bonchev–Trinajstić information content (AvgIpc) is 2.84. The Labute approximate surface area is 117 Å². The van der Waals surface area contributed by atoms with Crippen LogP contribution in [-0.2, 0) is 6.42 Å². The van der Waals surface area contributed by atoms with Crippen molar-refractivity contribution in [1.82, 2.24) is 14.9 Å². The zero-order valence-corrected chi connectivity index (χ0v) is 11.5. The van der Waals surface area contributed by atoms with Crippen molar-refractivity contribution in [2.24, 2.45) is 5.10 Å². The molecular weight excluding hydrogens is 256 g/mol. The van der Waals surface area contributed by atoms with E-state index < -0.39 is 12.2 Å². The lowest BCUT2D eigenvalue weighted by atomic mass is 10.2. The van der Waals surface area contributed by atoms with Crippen molar-refractivity contribution in [3.63, 3.8) is 0 Å². The second-order valence-electron chi connectivity index (χ2n) is 4.57. The summed E-state index contributed by atoms with van der Waals surface area (Å²) in [6.07, 6.45) is 0.751. The molecule has 0 radical (unpaired) electrons. The Morgan fingerprint density at radius 3 is 2.15 bits per heavy atom. The van der Waals surface area contributed by atoms with Gasteiger partial charge in [0.05, 0.1) is 0 Å². The van der Waals surface area contributed by atoms with Gasteiger partial charge in [0, 0.05) is 12.6 Å². The number of aromatic nitrogens is 3. The summed E-state index contributed by atoms with van der Waals surface area (Å²) in [6, 6.07) is 9.89. The molecule has 6 heteroatoms. The third-order valence-corrected chi connectivity index (χ3v) is 2.80. The van der Waals surface area contributed by atoms with Gasteiger partial charge in [-0.15, -0.1) is 10.2 Å². The number of nitrogens with zero attached hydrogens (tertiary/aromatic N) is 4. The molecule has 20 heavy (non-hydrogen) atoms. The van der Waals surface area contributed by atoms with E-state index in [2.05, 4.69) is 15.3 Å². The Morgan fingerprint density at radius 2 is 1.65 bits per heavy atom. The van der Waals surface area contributed by atoms with E-state index in [1.165, 1.54) is 4.68 Å². The lowest BCUT2D eigenvalue weighted by molar-refractivity contribution is 0.174. The van der Waals surface area contributed by atoms with E-state index in [0.29, 0.717) is 18.1 Å². The van der Waals surface area contributed by atoms with Crippen LogP contribution < -0.4 is 0 Å². The van der Waals surface area contributed by atoms with Crippen molar-refractivity contribution in [1.29, 1.82) is 0 Å². The highest BCUT2D eigenvalue weighted by molar-refractivity contribution is 5.61. The molecule has 2 N–H and O–H groups in total. The number of hydrogen-bond acceptors (Lipinski definition) is 5. The highest BCUT2D eigenvalue weighted by Crippen LogP contribution is 2.16. The van der Waals surface area contributed by atoms with Crippen LogP contribution in [0.4, 0.5) is 0 Å². The summed E-state index contributed by atoms with van der Waals surface area (Å²) >= 11 is 0. The first kappa shape index (κ1) is 14.4. The normalized spacial score (nSPS) is 14.6. The molecule has 0 aliphatic rings. The van der Waals surface area contributed by atoms with Crippen LogP contribution >= 0.6 is 0 Å². The molecule has 0 aliphatic heterocycles. The van der Waals surface area contributed by atoms with Gasteiger partial charge >= 0.3 is 0 Å². The predicted octanol–water partition coefficient (Wildman–Crippen LogP) is 1.46. The van der Waals surface area contributed by atoms with E-state index in [-0.39, 0.29) is 0 Å². The van der Waals surface area contributed by atoms with Gasteiger partial charge in [0.15, 0.2) is 11.6 Å². The van der Waals surface area contributed by atoms with Gasteiger partial charge in [0.1, 0.15) is 12.2 Å². The largest absolute Gasteiger partial charge is 0.385 e. The summed E-state index contributed by atoms with van der Waals surface area (Å²) in [6.45, 7) is 3.16. The molecule has 2 atom stereocenters. The third-order valence-electron chi connectivity index (χ3n) is 2.80. The summed E-state index contributed by atoms with van der Waals surface area (Å²) in [5, 5.41) is 31.2. The highest BCUT2D eigenvalue weighted by Gasteiger charge is 2.18. The van der Waals surface area contributed by atoms with E-state index in [9.17, 15) is 10.2 Å². The fraction of sp³-hybridized carbons (Fsp3) is 0.357. The molecule has 106 valence electrons. The smallest absolute Gasteiger partial charge is 0.182 e. The Morgan fingerprint density at radius 1 is 1.10 bits per heavy atom. The quantitative estimate of drug-likeness (QED) is 0.808. The van der Waals surface area contributed by atoms with Gasteiger partial charge in [-0.3, -0.25) is 0 Å². The third kappa shape index (κ3) is 3.28. The predicted molar refractivity (Wildman–Crippen MR) is 75.3 cm³/mol. The lowest BCUT2D eigenvalue weighted by Gasteiger charge is -2.07. The Bertz CT molecular complexity index is 551. The standard InChI is InChI=1S/C14H18N4O2/c1-10(19)13-16-17-14(11(2)20)18(13)15-9-8-12-6-4-3-5-7-12/h3-7,9-11,19-20H,8H2,1-2H3/b15-9+. The molecule has 1 aromatic carbocycles. The van der Waals surface area contributed by atoms with Gasteiger partial charge in [0.25, 0.3) is 0 Å². The monoisotopic (exact) mass is 274 g/mol. The fourth-order valence-corrected chi connectivity index (χ4v) is 1.79. The first-order valence-corrected chi connectivity index (χ1v) is 6.47. The zero-order valence-electron chi connectivity index (χ0n) is 11.5. The molecule has 2 unspecified atom stereocenters. The number of hydrogen-bond donors (Lipinski definition) is 2. The summed E-state index contributed by atoms with van der Waals surface area (Å²) in [5.74, 6) is 0.621. The molecule has 0 bridgehead atoms. The van der Waals surface area contributed by atoms with Crippen molar-refractivity contribution < 1.29 is 10.2 Å². The number of benzene rings is 1. The number of aliphatic hydroxyl groups excluding tert-OH is 2. The fourth-order valence-electron chi connectivity index (χ4n) is 1.79. The summed E-state index contributed by atoms with van der Waals surface area (Å²) in [4.78, 5) is 0. The Hall–Kier alpha value is -2.05. The lowest BCUT2D eigenvalue weighted by Crippen LogP contribution is -2.08. The van der Waals surface area contributed by atoms with Crippen LogP contribution in [0.5, 0.6) is 0 Å². The maximum absolute atomic E-state index is 9.64. The van der Waals surface area contributed by atoms with Gasteiger partial charge in [-0.2, -0.15) is 9.78 Å². The highest BCUT2D eigenvalue weighted by atomic mass is 16.3. The van der Waals surface area contributed by atoms with Gasteiger partial charge in [0.2, 0.25) is 0 Å². The van der Waals surface area contributed by atoms with Crippen LogP contribution in [0.1, 0.15) is 43.3 Å². The minimum Gasteiger partial charge on any atom is -0.385 e. The summed E-state index contributed by atoms with van der Waals surface area (Å²) in [5.41, 5.74) is 1.13.